The monoisotopic (exact) mass is 451 g/mol. The SMILES string of the molecule is COc1nc2c(C(=O)Nc3cccc4c3nnn4C)ccc(N3C[C@H](C)N[C@@H](C)C3)c2s1. The number of thiazole rings is 1. The van der Waals surface area contributed by atoms with Gasteiger partial charge in [-0.1, -0.05) is 22.6 Å². The molecular formula is C22H25N7O2S. The molecule has 166 valence electrons. The van der Waals surface area contributed by atoms with Gasteiger partial charge in [-0.05, 0) is 38.1 Å². The smallest absolute Gasteiger partial charge is 0.274 e. The molecule has 2 N–H and O–H groups in total. The third-order valence-corrected chi connectivity index (χ3v) is 6.75. The number of nitrogens with zero attached hydrogens (tertiary/aromatic N) is 5. The van der Waals surface area contributed by atoms with E-state index in [1.165, 1.54) is 11.3 Å². The van der Waals surface area contributed by atoms with Gasteiger partial charge in [-0.15, -0.1) is 5.10 Å². The average molecular weight is 452 g/mol. The number of anilines is 2. The topological polar surface area (TPSA) is 97.2 Å². The van der Waals surface area contributed by atoms with Crippen LogP contribution in [0.2, 0.25) is 0 Å². The predicted octanol–water partition coefficient (Wildman–Crippen LogP) is 3.03. The zero-order valence-electron chi connectivity index (χ0n) is 18.4. The number of aryl methyl sites for hydroxylation is 1. The number of hydrogen-bond donors (Lipinski definition) is 2. The summed E-state index contributed by atoms with van der Waals surface area (Å²) in [5.41, 5.74) is 4.34. The number of methoxy groups -OCH3 is 1. The van der Waals surface area contributed by atoms with E-state index in [0.717, 1.165) is 29.0 Å². The molecule has 5 rings (SSSR count). The Morgan fingerprint density at radius 2 is 1.97 bits per heavy atom. The summed E-state index contributed by atoms with van der Waals surface area (Å²) in [6, 6.07) is 10.2. The minimum atomic E-state index is -0.241. The van der Waals surface area contributed by atoms with Crippen LogP contribution in [-0.2, 0) is 7.05 Å². The normalized spacial score (nSPS) is 18.9. The molecule has 0 spiro atoms. The fourth-order valence-electron chi connectivity index (χ4n) is 4.36. The van der Waals surface area contributed by atoms with Crippen LogP contribution in [0.5, 0.6) is 5.19 Å². The molecule has 1 amide bonds. The maximum absolute atomic E-state index is 13.3. The lowest BCUT2D eigenvalue weighted by Gasteiger charge is -2.37. The molecule has 1 fully saturated rings. The fraction of sp³-hybridized carbons (Fsp3) is 0.364. The van der Waals surface area contributed by atoms with Gasteiger partial charge < -0.3 is 20.3 Å². The van der Waals surface area contributed by atoms with Crippen molar-refractivity contribution in [2.45, 2.75) is 25.9 Å². The van der Waals surface area contributed by atoms with Crippen molar-refractivity contribution in [3.05, 3.63) is 35.9 Å². The second kappa shape index (κ2) is 8.03. The zero-order chi connectivity index (χ0) is 22.4. The summed E-state index contributed by atoms with van der Waals surface area (Å²) in [4.78, 5) is 20.3. The minimum Gasteiger partial charge on any atom is -0.473 e. The number of benzene rings is 2. The van der Waals surface area contributed by atoms with Crippen LogP contribution in [0.25, 0.3) is 21.3 Å². The lowest BCUT2D eigenvalue weighted by atomic mass is 10.1. The van der Waals surface area contributed by atoms with Crippen LogP contribution in [0.4, 0.5) is 11.4 Å². The van der Waals surface area contributed by atoms with Gasteiger partial charge in [0.25, 0.3) is 11.1 Å². The van der Waals surface area contributed by atoms with Crippen LogP contribution >= 0.6 is 11.3 Å². The Labute approximate surface area is 189 Å². The number of carbonyl (C=O) groups excluding carboxylic acids is 1. The number of rotatable bonds is 4. The van der Waals surface area contributed by atoms with E-state index in [2.05, 4.69) is 44.7 Å². The highest BCUT2D eigenvalue weighted by Crippen LogP contribution is 2.38. The summed E-state index contributed by atoms with van der Waals surface area (Å²) in [5, 5.41) is 15.3. The number of ether oxygens (including phenoxy) is 1. The van der Waals surface area contributed by atoms with Crippen LogP contribution in [-0.4, -0.2) is 58.2 Å². The molecule has 9 nitrogen and oxygen atoms in total. The molecule has 2 aromatic carbocycles. The maximum Gasteiger partial charge on any atom is 0.274 e. The van der Waals surface area contributed by atoms with Crippen molar-refractivity contribution in [1.82, 2.24) is 25.3 Å². The second-order valence-electron chi connectivity index (χ2n) is 8.21. The van der Waals surface area contributed by atoms with E-state index in [0.29, 0.717) is 39.6 Å². The van der Waals surface area contributed by atoms with Gasteiger partial charge >= 0.3 is 0 Å². The largest absolute Gasteiger partial charge is 0.473 e. The molecule has 10 heteroatoms. The summed E-state index contributed by atoms with van der Waals surface area (Å²) in [5.74, 6) is -0.241. The highest BCUT2D eigenvalue weighted by atomic mass is 32.1. The molecular weight excluding hydrogens is 426 g/mol. The molecule has 1 aliphatic heterocycles. The molecule has 0 bridgehead atoms. The van der Waals surface area contributed by atoms with Gasteiger partial charge in [-0.2, -0.15) is 0 Å². The molecule has 0 saturated carbocycles. The number of carbonyl (C=O) groups is 1. The molecule has 1 saturated heterocycles. The van der Waals surface area contributed by atoms with Crippen molar-refractivity contribution in [2.24, 2.45) is 7.05 Å². The van der Waals surface area contributed by atoms with Crippen LogP contribution in [0.1, 0.15) is 24.2 Å². The fourth-order valence-corrected chi connectivity index (χ4v) is 5.31. The Morgan fingerprint density at radius 1 is 1.19 bits per heavy atom. The highest BCUT2D eigenvalue weighted by Gasteiger charge is 2.26. The highest BCUT2D eigenvalue weighted by molar-refractivity contribution is 7.21. The Kier molecular flexibility index (Phi) is 5.18. The van der Waals surface area contributed by atoms with E-state index in [1.807, 2.05) is 37.4 Å². The van der Waals surface area contributed by atoms with E-state index in [4.69, 9.17) is 4.74 Å². The van der Waals surface area contributed by atoms with E-state index < -0.39 is 0 Å². The molecule has 2 atom stereocenters. The lowest BCUT2D eigenvalue weighted by molar-refractivity contribution is 0.102. The first-order valence-electron chi connectivity index (χ1n) is 10.5. The number of nitrogens with one attached hydrogen (secondary N) is 2. The maximum atomic E-state index is 13.3. The summed E-state index contributed by atoms with van der Waals surface area (Å²) in [7, 11) is 3.42. The van der Waals surface area contributed by atoms with Gasteiger partial charge in [0.05, 0.1) is 34.3 Å². The van der Waals surface area contributed by atoms with Crippen LogP contribution in [0, 0.1) is 0 Å². The van der Waals surface area contributed by atoms with Gasteiger partial charge in [-0.3, -0.25) is 4.79 Å². The van der Waals surface area contributed by atoms with Gasteiger partial charge in [0.1, 0.15) is 11.0 Å². The van der Waals surface area contributed by atoms with E-state index in [-0.39, 0.29) is 5.91 Å². The third kappa shape index (κ3) is 3.55. The van der Waals surface area contributed by atoms with Crippen LogP contribution in [0.3, 0.4) is 0 Å². The van der Waals surface area contributed by atoms with Gasteiger partial charge in [0.15, 0.2) is 0 Å². The van der Waals surface area contributed by atoms with E-state index in [1.54, 1.807) is 11.8 Å². The van der Waals surface area contributed by atoms with Crippen molar-refractivity contribution in [3.63, 3.8) is 0 Å². The molecule has 1 aliphatic rings. The first-order chi connectivity index (χ1) is 15.4. The summed E-state index contributed by atoms with van der Waals surface area (Å²) >= 11 is 1.46. The Morgan fingerprint density at radius 3 is 2.72 bits per heavy atom. The van der Waals surface area contributed by atoms with Crippen molar-refractivity contribution in [2.75, 3.05) is 30.4 Å². The third-order valence-electron chi connectivity index (χ3n) is 5.71. The quantitative estimate of drug-likeness (QED) is 0.492. The number of fused-ring (bicyclic) bond motifs is 2. The molecule has 4 aromatic rings. The lowest BCUT2D eigenvalue weighted by Crippen LogP contribution is -2.54. The zero-order valence-corrected chi connectivity index (χ0v) is 19.2. The van der Waals surface area contributed by atoms with Gasteiger partial charge in [0.2, 0.25) is 0 Å². The average Bonchev–Trinajstić information content (AvgIpc) is 3.37. The standard InChI is InChI=1S/C22H25N7O2S/c1-12-10-29(11-13(2)23-12)17-9-8-14(18-20(17)32-22(25-18)31-4)21(30)24-15-6-5-7-16-19(15)26-27-28(16)3/h5-9,12-13,23H,10-11H2,1-4H3,(H,24,30)/t12-,13-/m0/s1. The van der Waals surface area contributed by atoms with Crippen molar-refractivity contribution < 1.29 is 9.53 Å². The van der Waals surface area contributed by atoms with Gasteiger partial charge in [0, 0.05) is 32.2 Å². The molecule has 0 unspecified atom stereocenters. The van der Waals surface area contributed by atoms with E-state index >= 15 is 0 Å². The second-order valence-corrected chi connectivity index (χ2v) is 9.17. The summed E-state index contributed by atoms with van der Waals surface area (Å²) in [6.45, 7) is 6.14. The van der Waals surface area contributed by atoms with E-state index in [9.17, 15) is 4.79 Å². The van der Waals surface area contributed by atoms with Crippen molar-refractivity contribution in [1.29, 1.82) is 0 Å². The molecule has 0 radical (unpaired) electrons. The summed E-state index contributed by atoms with van der Waals surface area (Å²) < 4.78 is 8.05. The first kappa shape index (κ1) is 20.7. The Bertz CT molecular complexity index is 1300. The Hall–Kier alpha value is -3.24. The molecule has 32 heavy (non-hydrogen) atoms. The van der Waals surface area contributed by atoms with Crippen molar-refractivity contribution >= 4 is 49.9 Å². The van der Waals surface area contributed by atoms with Crippen LogP contribution in [0.15, 0.2) is 30.3 Å². The molecule has 2 aromatic heterocycles. The Balaban J connectivity index is 1.54. The molecule has 0 aliphatic carbocycles. The predicted molar refractivity (Wildman–Crippen MR) is 127 cm³/mol. The first-order valence-corrected chi connectivity index (χ1v) is 11.3. The minimum absolute atomic E-state index is 0.241. The summed E-state index contributed by atoms with van der Waals surface area (Å²) in [6.07, 6.45) is 0. The number of piperazine rings is 1. The number of hydrogen-bond acceptors (Lipinski definition) is 8. The molecule has 3 heterocycles. The number of amides is 1. The number of aromatic nitrogens is 4. The van der Waals surface area contributed by atoms with Crippen LogP contribution < -0.4 is 20.3 Å². The van der Waals surface area contributed by atoms with Gasteiger partial charge in [-0.25, -0.2) is 9.67 Å². The van der Waals surface area contributed by atoms with Crippen molar-refractivity contribution in [3.8, 4) is 5.19 Å².